The summed E-state index contributed by atoms with van der Waals surface area (Å²) in [5.41, 5.74) is -0.396. The van der Waals surface area contributed by atoms with Gasteiger partial charge in [0.05, 0.1) is 6.54 Å². The van der Waals surface area contributed by atoms with Crippen LogP contribution in [-0.2, 0) is 16.1 Å². The summed E-state index contributed by atoms with van der Waals surface area (Å²) in [6, 6.07) is 0. The van der Waals surface area contributed by atoms with E-state index in [1.807, 2.05) is 20.8 Å². The first-order valence-corrected chi connectivity index (χ1v) is 6.67. The third-order valence-electron chi connectivity index (χ3n) is 2.81. The number of H-pyrrole nitrogens is 1. The molecule has 0 aliphatic heterocycles. The van der Waals surface area contributed by atoms with Crippen molar-refractivity contribution in [3.05, 3.63) is 12.2 Å². The smallest absolute Gasteiger partial charge is 0.225 e. The van der Waals surface area contributed by atoms with Crippen molar-refractivity contribution in [3.8, 4) is 0 Å². The van der Waals surface area contributed by atoms with Crippen LogP contribution >= 0.6 is 0 Å². The lowest BCUT2D eigenvalue weighted by atomic mass is 9.96. The molecule has 0 aliphatic carbocycles. The maximum absolute atomic E-state index is 11.9. The molecule has 2 amide bonds. The molecule has 0 fully saturated rings. The minimum Gasteiger partial charge on any atom is -0.356 e. The number of hydrogen-bond acceptors (Lipinski definition) is 4. The summed E-state index contributed by atoms with van der Waals surface area (Å²) >= 11 is 0. The average molecular weight is 281 g/mol. The van der Waals surface area contributed by atoms with Gasteiger partial charge in [0.15, 0.2) is 0 Å². The Labute approximate surface area is 119 Å². The number of aromatic nitrogens is 3. The first-order valence-electron chi connectivity index (χ1n) is 6.67. The highest BCUT2D eigenvalue weighted by Crippen LogP contribution is 2.12. The number of amides is 2. The van der Waals surface area contributed by atoms with E-state index in [1.54, 1.807) is 11.9 Å². The summed E-state index contributed by atoms with van der Waals surface area (Å²) in [7, 11) is 1.72. The number of aromatic amines is 1. The van der Waals surface area contributed by atoms with Crippen molar-refractivity contribution in [3.63, 3.8) is 0 Å². The molecule has 1 rings (SSSR count). The van der Waals surface area contributed by atoms with E-state index < -0.39 is 5.41 Å². The zero-order valence-electron chi connectivity index (χ0n) is 12.6. The molecule has 7 nitrogen and oxygen atoms in total. The van der Waals surface area contributed by atoms with Crippen LogP contribution in [-0.4, -0.2) is 45.5 Å². The van der Waals surface area contributed by atoms with Crippen molar-refractivity contribution in [1.82, 2.24) is 25.4 Å². The van der Waals surface area contributed by atoms with E-state index >= 15 is 0 Å². The van der Waals surface area contributed by atoms with Crippen LogP contribution in [0, 0.1) is 5.41 Å². The van der Waals surface area contributed by atoms with Crippen LogP contribution in [0.4, 0.5) is 0 Å². The molecule has 0 atom stereocenters. The largest absolute Gasteiger partial charge is 0.356 e. The van der Waals surface area contributed by atoms with Gasteiger partial charge in [-0.2, -0.15) is 5.10 Å². The van der Waals surface area contributed by atoms with Gasteiger partial charge in [-0.05, 0) is 6.42 Å². The van der Waals surface area contributed by atoms with Crippen molar-refractivity contribution in [2.75, 3.05) is 13.6 Å². The number of nitrogens with zero attached hydrogens (tertiary/aromatic N) is 3. The van der Waals surface area contributed by atoms with E-state index in [-0.39, 0.29) is 11.8 Å². The predicted octanol–water partition coefficient (Wildman–Crippen LogP) is 0.706. The molecule has 0 saturated heterocycles. The van der Waals surface area contributed by atoms with Crippen LogP contribution in [0.5, 0.6) is 0 Å². The molecule has 0 saturated carbocycles. The summed E-state index contributed by atoms with van der Waals surface area (Å²) in [6.07, 6.45) is 2.44. The van der Waals surface area contributed by atoms with Crippen LogP contribution in [0.1, 0.15) is 39.4 Å². The highest BCUT2D eigenvalue weighted by Gasteiger charge is 2.20. The van der Waals surface area contributed by atoms with Gasteiger partial charge < -0.3 is 10.2 Å². The van der Waals surface area contributed by atoms with E-state index in [9.17, 15) is 9.59 Å². The Bertz CT molecular complexity index is 436. The molecule has 0 aliphatic rings. The highest BCUT2D eigenvalue weighted by molar-refractivity contribution is 5.81. The summed E-state index contributed by atoms with van der Waals surface area (Å²) in [6.45, 7) is 6.50. The normalized spacial score (nSPS) is 11.2. The van der Waals surface area contributed by atoms with Gasteiger partial charge in [0.25, 0.3) is 0 Å². The number of nitrogens with one attached hydrogen (secondary N) is 2. The van der Waals surface area contributed by atoms with Gasteiger partial charge in [-0.15, -0.1) is 0 Å². The van der Waals surface area contributed by atoms with Gasteiger partial charge in [-0.25, -0.2) is 4.98 Å². The highest BCUT2D eigenvalue weighted by atomic mass is 16.2. The van der Waals surface area contributed by atoms with E-state index in [1.165, 1.54) is 6.33 Å². The van der Waals surface area contributed by atoms with Crippen molar-refractivity contribution in [2.24, 2.45) is 5.41 Å². The molecule has 0 radical (unpaired) electrons. The second-order valence-corrected chi connectivity index (χ2v) is 5.79. The molecule has 1 aromatic rings. The van der Waals surface area contributed by atoms with Crippen molar-refractivity contribution in [2.45, 2.75) is 40.2 Å². The lowest BCUT2D eigenvalue weighted by Crippen LogP contribution is -2.36. The fourth-order valence-electron chi connectivity index (χ4n) is 1.52. The van der Waals surface area contributed by atoms with Crippen molar-refractivity contribution >= 4 is 11.8 Å². The Morgan fingerprint density at radius 3 is 2.65 bits per heavy atom. The first kappa shape index (κ1) is 16.1. The van der Waals surface area contributed by atoms with E-state index in [0.717, 1.165) is 0 Å². The first-order chi connectivity index (χ1) is 9.30. The monoisotopic (exact) mass is 281 g/mol. The van der Waals surface area contributed by atoms with E-state index in [0.29, 0.717) is 31.8 Å². The van der Waals surface area contributed by atoms with E-state index in [2.05, 4.69) is 20.5 Å². The molecule has 7 heteroatoms. The molecule has 1 heterocycles. The molecule has 0 aromatic carbocycles. The summed E-state index contributed by atoms with van der Waals surface area (Å²) in [5, 5.41) is 9.26. The Morgan fingerprint density at radius 1 is 1.40 bits per heavy atom. The molecule has 0 spiro atoms. The molecule has 0 bridgehead atoms. The van der Waals surface area contributed by atoms with Crippen LogP contribution < -0.4 is 5.32 Å². The molecular formula is C13H23N5O2. The SMILES string of the molecule is CN(Cc1ncn[nH]1)C(=O)CCCNC(=O)C(C)(C)C. The molecular weight excluding hydrogens is 258 g/mol. The van der Waals surface area contributed by atoms with Crippen LogP contribution in [0.3, 0.4) is 0 Å². The van der Waals surface area contributed by atoms with Gasteiger partial charge >= 0.3 is 0 Å². The van der Waals surface area contributed by atoms with Crippen molar-refractivity contribution < 1.29 is 9.59 Å². The lowest BCUT2D eigenvalue weighted by Gasteiger charge is -2.18. The zero-order valence-corrected chi connectivity index (χ0v) is 12.6. The standard InChI is InChI=1S/C13H23N5O2/c1-13(2,3)12(20)14-7-5-6-11(19)18(4)8-10-15-9-16-17-10/h9H,5-8H2,1-4H3,(H,14,20)(H,15,16,17). The Hall–Kier alpha value is -1.92. The second-order valence-electron chi connectivity index (χ2n) is 5.79. The maximum Gasteiger partial charge on any atom is 0.225 e. The topological polar surface area (TPSA) is 91.0 Å². The van der Waals surface area contributed by atoms with E-state index in [4.69, 9.17) is 0 Å². The van der Waals surface area contributed by atoms with Gasteiger partial charge in [0.1, 0.15) is 12.2 Å². The van der Waals surface area contributed by atoms with Crippen LogP contribution in [0.2, 0.25) is 0 Å². The minimum atomic E-state index is -0.396. The summed E-state index contributed by atoms with van der Waals surface area (Å²) in [4.78, 5) is 29.0. The maximum atomic E-state index is 11.9. The zero-order chi connectivity index (χ0) is 15.2. The molecule has 1 aromatic heterocycles. The second kappa shape index (κ2) is 7.02. The minimum absolute atomic E-state index is 0.0000338. The Balaban J connectivity index is 2.21. The fraction of sp³-hybridized carbons (Fsp3) is 0.692. The van der Waals surface area contributed by atoms with Gasteiger partial charge in [-0.1, -0.05) is 20.8 Å². The molecule has 0 unspecified atom stereocenters. The number of carbonyl (C=O) groups excluding carboxylic acids is 2. The van der Waals surface area contributed by atoms with Gasteiger partial charge in [0.2, 0.25) is 11.8 Å². The van der Waals surface area contributed by atoms with Gasteiger partial charge in [-0.3, -0.25) is 14.7 Å². The van der Waals surface area contributed by atoms with Crippen LogP contribution in [0.25, 0.3) is 0 Å². The quantitative estimate of drug-likeness (QED) is 0.751. The third kappa shape index (κ3) is 5.38. The Morgan fingerprint density at radius 2 is 2.10 bits per heavy atom. The van der Waals surface area contributed by atoms with Gasteiger partial charge in [0, 0.05) is 25.4 Å². The Kier molecular flexibility index (Phi) is 5.66. The molecule has 112 valence electrons. The summed E-state index contributed by atoms with van der Waals surface area (Å²) in [5.74, 6) is 0.674. The average Bonchev–Trinajstić information content (AvgIpc) is 2.85. The van der Waals surface area contributed by atoms with Crippen LogP contribution in [0.15, 0.2) is 6.33 Å². The number of rotatable bonds is 6. The molecule has 20 heavy (non-hydrogen) atoms. The number of hydrogen-bond donors (Lipinski definition) is 2. The fourth-order valence-corrected chi connectivity index (χ4v) is 1.52. The third-order valence-corrected chi connectivity index (χ3v) is 2.81. The summed E-state index contributed by atoms with van der Waals surface area (Å²) < 4.78 is 0. The lowest BCUT2D eigenvalue weighted by molar-refractivity contribution is -0.131. The number of carbonyl (C=O) groups is 2. The molecule has 2 N–H and O–H groups in total. The van der Waals surface area contributed by atoms with Crippen molar-refractivity contribution in [1.29, 1.82) is 0 Å². The predicted molar refractivity (Wildman–Crippen MR) is 74.6 cm³/mol.